The van der Waals surface area contributed by atoms with E-state index in [9.17, 15) is 0 Å². The van der Waals surface area contributed by atoms with Crippen molar-refractivity contribution in [3.63, 3.8) is 0 Å². The quantitative estimate of drug-likeness (QED) is 0.788. The standard InChI is InChI=1S/C14H24N2O/c1-10(14(2,3)4)9-16-11-7-6-8-12(17-5)13(11)15/h6-8,10,16H,9,15H2,1-5H3. The van der Waals surface area contributed by atoms with Crippen LogP contribution in [0.4, 0.5) is 11.4 Å². The number of para-hydroxylation sites is 1. The monoisotopic (exact) mass is 236 g/mol. The lowest BCUT2D eigenvalue weighted by Crippen LogP contribution is -2.25. The van der Waals surface area contributed by atoms with Crippen molar-refractivity contribution in [1.29, 1.82) is 0 Å². The third-order valence-electron chi connectivity index (χ3n) is 3.36. The highest BCUT2D eigenvalue weighted by atomic mass is 16.5. The lowest BCUT2D eigenvalue weighted by molar-refractivity contribution is 0.274. The van der Waals surface area contributed by atoms with E-state index in [1.807, 2.05) is 18.2 Å². The van der Waals surface area contributed by atoms with Gasteiger partial charge < -0.3 is 15.8 Å². The second-order valence-electron chi connectivity index (χ2n) is 5.57. The Balaban J connectivity index is 2.70. The zero-order valence-corrected chi connectivity index (χ0v) is 11.5. The number of anilines is 2. The summed E-state index contributed by atoms with van der Waals surface area (Å²) in [6.45, 7) is 9.88. The Morgan fingerprint density at radius 3 is 2.53 bits per heavy atom. The van der Waals surface area contributed by atoms with Crippen LogP contribution in [0.5, 0.6) is 5.75 Å². The SMILES string of the molecule is COc1cccc(NCC(C)C(C)(C)C)c1N. The lowest BCUT2D eigenvalue weighted by Gasteiger charge is -2.28. The average molecular weight is 236 g/mol. The van der Waals surface area contributed by atoms with Gasteiger partial charge in [0.25, 0.3) is 0 Å². The molecule has 0 aliphatic rings. The molecule has 3 nitrogen and oxygen atoms in total. The number of ether oxygens (including phenoxy) is 1. The molecule has 17 heavy (non-hydrogen) atoms. The zero-order chi connectivity index (χ0) is 13.1. The second-order valence-corrected chi connectivity index (χ2v) is 5.57. The first kappa shape index (κ1) is 13.7. The Kier molecular flexibility index (Phi) is 4.27. The van der Waals surface area contributed by atoms with Crippen molar-refractivity contribution in [1.82, 2.24) is 0 Å². The Bertz CT molecular complexity index is 369. The fourth-order valence-electron chi connectivity index (χ4n) is 1.45. The largest absolute Gasteiger partial charge is 0.495 e. The Labute approximate surface area is 104 Å². The number of nitrogens with two attached hydrogens (primary N) is 1. The van der Waals surface area contributed by atoms with E-state index >= 15 is 0 Å². The molecule has 0 saturated heterocycles. The smallest absolute Gasteiger partial charge is 0.143 e. The third kappa shape index (κ3) is 3.55. The van der Waals surface area contributed by atoms with Gasteiger partial charge in [0, 0.05) is 6.54 Å². The van der Waals surface area contributed by atoms with Crippen molar-refractivity contribution in [2.24, 2.45) is 11.3 Å². The van der Waals surface area contributed by atoms with Crippen molar-refractivity contribution >= 4 is 11.4 Å². The van der Waals surface area contributed by atoms with Gasteiger partial charge in [-0.25, -0.2) is 0 Å². The summed E-state index contributed by atoms with van der Waals surface area (Å²) >= 11 is 0. The summed E-state index contributed by atoms with van der Waals surface area (Å²) in [5.41, 5.74) is 7.92. The van der Waals surface area contributed by atoms with Crippen LogP contribution < -0.4 is 15.8 Å². The van der Waals surface area contributed by atoms with E-state index in [1.165, 1.54) is 0 Å². The van der Waals surface area contributed by atoms with Gasteiger partial charge in [-0.1, -0.05) is 33.8 Å². The minimum absolute atomic E-state index is 0.292. The number of hydrogen-bond donors (Lipinski definition) is 2. The molecule has 1 aromatic carbocycles. The van der Waals surface area contributed by atoms with Crippen molar-refractivity contribution in [2.45, 2.75) is 27.7 Å². The van der Waals surface area contributed by atoms with Gasteiger partial charge in [0.2, 0.25) is 0 Å². The molecule has 0 radical (unpaired) electrons. The molecule has 3 N–H and O–H groups in total. The molecule has 1 atom stereocenters. The molecule has 0 aliphatic heterocycles. The maximum atomic E-state index is 6.00. The van der Waals surface area contributed by atoms with E-state index < -0.39 is 0 Å². The molecule has 1 rings (SSSR count). The van der Waals surface area contributed by atoms with Crippen LogP contribution >= 0.6 is 0 Å². The van der Waals surface area contributed by atoms with Crippen molar-refractivity contribution in [2.75, 3.05) is 24.7 Å². The van der Waals surface area contributed by atoms with E-state index in [0.29, 0.717) is 17.0 Å². The topological polar surface area (TPSA) is 47.3 Å². The number of rotatable bonds is 4. The molecule has 0 aromatic heterocycles. The zero-order valence-electron chi connectivity index (χ0n) is 11.5. The normalized spacial score (nSPS) is 13.2. The highest BCUT2D eigenvalue weighted by Crippen LogP contribution is 2.30. The summed E-state index contributed by atoms with van der Waals surface area (Å²) in [6.07, 6.45) is 0. The van der Waals surface area contributed by atoms with Crippen LogP contribution in [0.25, 0.3) is 0 Å². The number of nitrogen functional groups attached to an aromatic ring is 1. The van der Waals surface area contributed by atoms with E-state index in [2.05, 4.69) is 33.0 Å². The Hall–Kier alpha value is -1.38. The summed E-state index contributed by atoms with van der Waals surface area (Å²) in [7, 11) is 1.63. The van der Waals surface area contributed by atoms with Crippen LogP contribution in [0.3, 0.4) is 0 Å². The highest BCUT2D eigenvalue weighted by molar-refractivity contribution is 5.72. The molecule has 3 heteroatoms. The van der Waals surface area contributed by atoms with Crippen molar-refractivity contribution in [3.05, 3.63) is 18.2 Å². The third-order valence-corrected chi connectivity index (χ3v) is 3.36. The summed E-state index contributed by atoms with van der Waals surface area (Å²) in [4.78, 5) is 0. The molecule has 0 spiro atoms. The Morgan fingerprint density at radius 1 is 1.35 bits per heavy atom. The predicted molar refractivity (Wildman–Crippen MR) is 74.5 cm³/mol. The van der Waals surface area contributed by atoms with Crippen LogP contribution in [0.1, 0.15) is 27.7 Å². The summed E-state index contributed by atoms with van der Waals surface area (Å²) in [5, 5.41) is 3.39. The predicted octanol–water partition coefficient (Wildman–Crippen LogP) is 3.37. The number of nitrogens with one attached hydrogen (secondary N) is 1. The maximum Gasteiger partial charge on any atom is 0.143 e. The van der Waals surface area contributed by atoms with Crippen LogP contribution in [0, 0.1) is 11.3 Å². The first-order valence-electron chi connectivity index (χ1n) is 6.02. The van der Waals surface area contributed by atoms with Gasteiger partial charge >= 0.3 is 0 Å². The van der Waals surface area contributed by atoms with E-state index in [0.717, 1.165) is 18.0 Å². The molecular weight excluding hydrogens is 212 g/mol. The highest BCUT2D eigenvalue weighted by Gasteiger charge is 2.19. The van der Waals surface area contributed by atoms with Crippen LogP contribution in [-0.4, -0.2) is 13.7 Å². The van der Waals surface area contributed by atoms with Gasteiger partial charge in [-0.05, 0) is 23.5 Å². The van der Waals surface area contributed by atoms with Crippen LogP contribution in [-0.2, 0) is 0 Å². The minimum Gasteiger partial charge on any atom is -0.495 e. The maximum absolute atomic E-state index is 6.00. The van der Waals surface area contributed by atoms with E-state index in [-0.39, 0.29) is 0 Å². The number of methoxy groups -OCH3 is 1. The van der Waals surface area contributed by atoms with Gasteiger partial charge in [0.15, 0.2) is 0 Å². The van der Waals surface area contributed by atoms with Gasteiger partial charge in [-0.15, -0.1) is 0 Å². The number of benzene rings is 1. The average Bonchev–Trinajstić information content (AvgIpc) is 2.26. The first-order chi connectivity index (χ1) is 7.86. The fourth-order valence-corrected chi connectivity index (χ4v) is 1.45. The van der Waals surface area contributed by atoms with Gasteiger partial charge in [0.05, 0.1) is 18.5 Å². The van der Waals surface area contributed by atoms with Crippen LogP contribution in [0.15, 0.2) is 18.2 Å². The molecule has 0 saturated carbocycles. The molecule has 96 valence electrons. The first-order valence-corrected chi connectivity index (χ1v) is 6.02. The molecular formula is C14H24N2O. The molecule has 0 heterocycles. The van der Waals surface area contributed by atoms with Gasteiger partial charge in [-0.3, -0.25) is 0 Å². The van der Waals surface area contributed by atoms with Crippen molar-refractivity contribution in [3.8, 4) is 5.75 Å². The Morgan fingerprint density at radius 2 is 2.00 bits per heavy atom. The van der Waals surface area contributed by atoms with Gasteiger partial charge in [0.1, 0.15) is 5.75 Å². The molecule has 0 aliphatic carbocycles. The van der Waals surface area contributed by atoms with Crippen LogP contribution in [0.2, 0.25) is 0 Å². The molecule has 1 aromatic rings. The molecule has 0 fully saturated rings. The van der Waals surface area contributed by atoms with Gasteiger partial charge in [-0.2, -0.15) is 0 Å². The minimum atomic E-state index is 0.292. The number of hydrogen-bond acceptors (Lipinski definition) is 3. The molecule has 0 bridgehead atoms. The second kappa shape index (κ2) is 5.30. The molecule has 0 amide bonds. The summed E-state index contributed by atoms with van der Waals surface area (Å²) in [6, 6.07) is 5.79. The summed E-state index contributed by atoms with van der Waals surface area (Å²) in [5.74, 6) is 1.28. The fraction of sp³-hybridized carbons (Fsp3) is 0.571. The molecule has 1 unspecified atom stereocenters. The summed E-state index contributed by atoms with van der Waals surface area (Å²) < 4.78 is 5.19. The lowest BCUT2D eigenvalue weighted by atomic mass is 9.82. The van der Waals surface area contributed by atoms with E-state index in [4.69, 9.17) is 10.5 Å². The van der Waals surface area contributed by atoms with E-state index in [1.54, 1.807) is 7.11 Å². The van der Waals surface area contributed by atoms with Crippen molar-refractivity contribution < 1.29 is 4.74 Å².